The van der Waals surface area contributed by atoms with Crippen molar-refractivity contribution in [1.82, 2.24) is 9.97 Å². The Morgan fingerprint density at radius 3 is 3.00 bits per heavy atom. The molecule has 4 nitrogen and oxygen atoms in total. The van der Waals surface area contributed by atoms with Gasteiger partial charge in [0.15, 0.2) is 0 Å². The number of halogens is 1. The highest BCUT2D eigenvalue weighted by Crippen LogP contribution is 2.41. The molecule has 1 unspecified atom stereocenters. The molecule has 1 aliphatic rings. The summed E-state index contributed by atoms with van der Waals surface area (Å²) in [6, 6.07) is 1.39. The number of hydrogen-bond donors (Lipinski definition) is 1. The van der Waals surface area contributed by atoms with Crippen LogP contribution in [0.15, 0.2) is 18.5 Å². The van der Waals surface area contributed by atoms with E-state index in [4.69, 9.17) is 0 Å². The first-order chi connectivity index (χ1) is 10.1. The topological polar surface area (TPSA) is 54.9 Å². The fourth-order valence-electron chi connectivity index (χ4n) is 2.08. The molecule has 0 spiro atoms. The van der Waals surface area contributed by atoms with Gasteiger partial charge < -0.3 is 5.32 Å². The second kappa shape index (κ2) is 5.73. The fraction of sp³-hybridized carbons (Fsp3) is 0.357. The van der Waals surface area contributed by atoms with Crippen LogP contribution in [-0.4, -0.2) is 27.4 Å². The van der Waals surface area contributed by atoms with Crippen LogP contribution in [-0.2, 0) is 4.79 Å². The minimum atomic E-state index is -0.397. The molecule has 7 heteroatoms. The number of thiazole rings is 1. The second-order valence-electron chi connectivity index (χ2n) is 4.93. The van der Waals surface area contributed by atoms with Gasteiger partial charge in [-0.3, -0.25) is 9.78 Å². The van der Waals surface area contributed by atoms with Gasteiger partial charge in [-0.05, 0) is 25.7 Å². The lowest BCUT2D eigenvalue weighted by Crippen LogP contribution is -2.14. The van der Waals surface area contributed by atoms with Crippen molar-refractivity contribution in [3.8, 4) is 10.6 Å². The highest BCUT2D eigenvalue weighted by atomic mass is 32.2. The number of carbonyl (C=O) groups excluding carboxylic acids is 1. The Morgan fingerprint density at radius 2 is 2.33 bits per heavy atom. The molecule has 0 radical (unpaired) electrons. The molecule has 0 aromatic carbocycles. The predicted molar refractivity (Wildman–Crippen MR) is 84.1 cm³/mol. The third-order valence-electron chi connectivity index (χ3n) is 3.36. The van der Waals surface area contributed by atoms with E-state index in [1.807, 2.05) is 13.2 Å². The number of pyridine rings is 1. The summed E-state index contributed by atoms with van der Waals surface area (Å²) in [5.74, 6) is -0.252. The highest BCUT2D eigenvalue weighted by molar-refractivity contribution is 7.99. The Labute approximate surface area is 130 Å². The van der Waals surface area contributed by atoms with Gasteiger partial charge >= 0.3 is 0 Å². The molecule has 1 amide bonds. The molecule has 1 saturated carbocycles. The molecule has 3 rings (SSSR count). The third kappa shape index (κ3) is 3.08. The summed E-state index contributed by atoms with van der Waals surface area (Å²) in [5.41, 5.74) is 1.37. The zero-order valence-electron chi connectivity index (χ0n) is 11.6. The number of thioether (sulfide) groups is 1. The zero-order chi connectivity index (χ0) is 15.0. The third-order valence-corrected chi connectivity index (χ3v) is 5.60. The van der Waals surface area contributed by atoms with Crippen molar-refractivity contribution in [3.05, 3.63) is 30.0 Å². The molecule has 1 N–H and O–H groups in total. The van der Waals surface area contributed by atoms with E-state index in [0.29, 0.717) is 15.8 Å². The minimum absolute atomic E-state index is 0.0463. The van der Waals surface area contributed by atoms with Crippen LogP contribution < -0.4 is 5.32 Å². The molecular weight excluding hydrogens is 309 g/mol. The smallest absolute Gasteiger partial charge is 0.229 e. The molecule has 2 atom stereocenters. The van der Waals surface area contributed by atoms with Crippen LogP contribution >= 0.6 is 23.1 Å². The van der Waals surface area contributed by atoms with Gasteiger partial charge in [0.05, 0.1) is 17.8 Å². The lowest BCUT2D eigenvalue weighted by atomic mass is 10.3. The summed E-state index contributed by atoms with van der Waals surface area (Å²) in [5, 5.41) is 4.75. The Morgan fingerprint density at radius 1 is 1.52 bits per heavy atom. The molecule has 2 aromatic heterocycles. The number of anilines is 1. The lowest BCUT2D eigenvalue weighted by molar-refractivity contribution is -0.117. The van der Waals surface area contributed by atoms with Crippen molar-refractivity contribution in [2.24, 2.45) is 5.92 Å². The quantitative estimate of drug-likeness (QED) is 0.937. The normalized spacial score (nSPS) is 20.3. The van der Waals surface area contributed by atoms with Gasteiger partial charge in [0.2, 0.25) is 5.91 Å². The van der Waals surface area contributed by atoms with Crippen LogP contribution in [0.5, 0.6) is 0 Å². The van der Waals surface area contributed by atoms with Gasteiger partial charge in [0.1, 0.15) is 15.8 Å². The van der Waals surface area contributed by atoms with Gasteiger partial charge in [-0.15, -0.1) is 0 Å². The van der Waals surface area contributed by atoms with Crippen LogP contribution in [0.3, 0.4) is 0 Å². The number of rotatable bonds is 4. The van der Waals surface area contributed by atoms with E-state index in [-0.39, 0.29) is 11.8 Å². The van der Waals surface area contributed by atoms with Crippen molar-refractivity contribution in [2.45, 2.75) is 18.6 Å². The summed E-state index contributed by atoms with van der Waals surface area (Å²) >= 11 is 3.07. The van der Waals surface area contributed by atoms with Crippen molar-refractivity contribution in [1.29, 1.82) is 0 Å². The Hall–Kier alpha value is -1.47. The van der Waals surface area contributed by atoms with Crippen molar-refractivity contribution < 1.29 is 9.18 Å². The summed E-state index contributed by atoms with van der Waals surface area (Å²) in [6.07, 6.45) is 5.68. The summed E-state index contributed by atoms with van der Waals surface area (Å²) < 4.78 is 13.2. The van der Waals surface area contributed by atoms with E-state index in [1.54, 1.807) is 18.0 Å². The number of aromatic nitrogens is 2. The first kappa shape index (κ1) is 14.5. The van der Waals surface area contributed by atoms with E-state index in [0.717, 1.165) is 23.3 Å². The number of amides is 1. The summed E-state index contributed by atoms with van der Waals surface area (Å²) in [6.45, 7) is 1.83. The number of hydrogen-bond acceptors (Lipinski definition) is 5. The lowest BCUT2D eigenvalue weighted by Gasteiger charge is -2.01. The minimum Gasteiger partial charge on any atom is -0.316 e. The van der Waals surface area contributed by atoms with Crippen LogP contribution in [0.1, 0.15) is 12.1 Å². The van der Waals surface area contributed by atoms with Crippen LogP contribution in [0.2, 0.25) is 0 Å². The van der Waals surface area contributed by atoms with Gasteiger partial charge in [0, 0.05) is 17.0 Å². The van der Waals surface area contributed by atoms with E-state index in [1.165, 1.54) is 17.4 Å². The van der Waals surface area contributed by atoms with Gasteiger partial charge in [-0.2, -0.15) is 11.8 Å². The molecular formula is C14H14FN3OS2. The van der Waals surface area contributed by atoms with Crippen LogP contribution in [0.4, 0.5) is 9.39 Å². The first-order valence-corrected chi connectivity index (χ1v) is 8.61. The largest absolute Gasteiger partial charge is 0.316 e. The van der Waals surface area contributed by atoms with E-state index in [9.17, 15) is 9.18 Å². The number of aryl methyl sites for hydroxylation is 1. The van der Waals surface area contributed by atoms with Crippen molar-refractivity contribution in [2.75, 3.05) is 11.6 Å². The van der Waals surface area contributed by atoms with Crippen molar-refractivity contribution >= 4 is 34.0 Å². The maximum Gasteiger partial charge on any atom is 0.229 e. The number of nitrogens with zero attached hydrogens (tertiary/aromatic N) is 2. The summed E-state index contributed by atoms with van der Waals surface area (Å²) in [4.78, 5) is 20.3. The molecule has 0 saturated heterocycles. The second-order valence-corrected chi connectivity index (χ2v) is 7.01. The van der Waals surface area contributed by atoms with E-state index >= 15 is 0 Å². The zero-order valence-corrected chi connectivity index (χ0v) is 13.2. The van der Waals surface area contributed by atoms with Crippen LogP contribution in [0.25, 0.3) is 10.6 Å². The SMILES string of the molecule is CS[C@H]1CC1C(=O)Nc1sc(-c2cncc(F)c2)nc1C. The first-order valence-electron chi connectivity index (χ1n) is 6.50. The van der Waals surface area contributed by atoms with Gasteiger partial charge in [0.25, 0.3) is 0 Å². The molecule has 0 aliphatic heterocycles. The number of nitrogens with one attached hydrogen (secondary N) is 1. The fourth-order valence-corrected chi connectivity index (χ4v) is 3.88. The van der Waals surface area contributed by atoms with Crippen LogP contribution in [0, 0.1) is 18.7 Å². The Kier molecular flexibility index (Phi) is 3.95. The average Bonchev–Trinajstić information content (AvgIpc) is 3.17. The standard InChI is InChI=1S/C14H14FN3OS2/c1-7-13(18-12(19)10-4-11(10)20-2)21-14(17-7)8-3-9(15)6-16-5-8/h3,5-6,10-11H,4H2,1-2H3,(H,18,19)/t10?,11-/m0/s1. The maximum absolute atomic E-state index is 13.2. The Balaban J connectivity index is 1.77. The molecule has 0 bridgehead atoms. The monoisotopic (exact) mass is 323 g/mol. The highest BCUT2D eigenvalue weighted by Gasteiger charge is 2.42. The van der Waals surface area contributed by atoms with Crippen molar-refractivity contribution in [3.63, 3.8) is 0 Å². The molecule has 2 heterocycles. The molecule has 110 valence electrons. The van der Waals surface area contributed by atoms with Gasteiger partial charge in [-0.25, -0.2) is 9.37 Å². The summed E-state index contributed by atoms with van der Waals surface area (Å²) in [7, 11) is 0. The Bertz CT molecular complexity index is 689. The molecule has 2 aromatic rings. The number of carbonyl (C=O) groups is 1. The van der Waals surface area contributed by atoms with E-state index < -0.39 is 5.82 Å². The van der Waals surface area contributed by atoms with E-state index in [2.05, 4.69) is 15.3 Å². The molecule has 1 aliphatic carbocycles. The average molecular weight is 323 g/mol. The molecule has 21 heavy (non-hydrogen) atoms. The molecule has 1 fully saturated rings. The van der Waals surface area contributed by atoms with Gasteiger partial charge in [-0.1, -0.05) is 11.3 Å². The maximum atomic E-state index is 13.2. The predicted octanol–water partition coefficient (Wildman–Crippen LogP) is 3.34.